The molecule has 0 aliphatic carbocycles. The highest BCUT2D eigenvalue weighted by Gasteiger charge is 2.13. The summed E-state index contributed by atoms with van der Waals surface area (Å²) in [5.74, 6) is -0.739. The second-order valence-corrected chi connectivity index (χ2v) is 5.90. The summed E-state index contributed by atoms with van der Waals surface area (Å²) in [6.07, 6.45) is 3.79. The Morgan fingerprint density at radius 1 is 1.14 bits per heavy atom. The number of benzene rings is 2. The number of fused-ring (bicyclic) bond motifs is 1. The molecule has 3 rings (SSSR count). The maximum Gasteiger partial charge on any atom is 0.267 e. The summed E-state index contributed by atoms with van der Waals surface area (Å²) in [5, 5.41) is 13.2. The number of halogens is 1. The Labute approximate surface area is 163 Å². The molecule has 0 aliphatic rings. The van der Waals surface area contributed by atoms with Gasteiger partial charge < -0.3 is 15.4 Å². The van der Waals surface area contributed by atoms with Crippen LogP contribution < -0.4 is 5.32 Å². The number of nitrogens with one attached hydrogen (secondary N) is 2. The molecule has 1 heterocycles. The highest BCUT2D eigenvalue weighted by molar-refractivity contribution is 5.98. The molecule has 0 unspecified atom stereocenters. The van der Waals surface area contributed by atoms with Gasteiger partial charge in [-0.2, -0.15) is 0 Å². The highest BCUT2D eigenvalue weighted by atomic mass is 19.1. The monoisotopic (exact) mass is 378 g/mol. The standard InChI is InChI=1S/C17H17FN2O2.C6H6/c1-3-5-11(4-2)16(21)10-19-17(22)15-9-12-8-13(18)6-7-14(12)20-15;1-2-4-6-5-3-1/h3-9,16,20-21H,1-2,10H2,(H,19,22);1-6H/b11-5+;/t16-;/m1./s1. The molecule has 3 aromatic rings. The minimum absolute atomic E-state index is 0.0360. The van der Waals surface area contributed by atoms with E-state index in [1.807, 2.05) is 36.4 Å². The van der Waals surface area contributed by atoms with Gasteiger partial charge in [0.1, 0.15) is 11.5 Å². The predicted octanol–water partition coefficient (Wildman–Crippen LogP) is 4.38. The fourth-order valence-corrected chi connectivity index (χ4v) is 2.46. The van der Waals surface area contributed by atoms with E-state index in [-0.39, 0.29) is 18.3 Å². The van der Waals surface area contributed by atoms with Gasteiger partial charge in [-0.3, -0.25) is 4.79 Å². The van der Waals surface area contributed by atoms with Crippen molar-refractivity contribution in [3.05, 3.63) is 109 Å². The highest BCUT2D eigenvalue weighted by Crippen LogP contribution is 2.16. The Balaban J connectivity index is 0.000000397. The average molecular weight is 378 g/mol. The number of aromatic amines is 1. The number of H-pyrrole nitrogens is 1. The zero-order valence-corrected chi connectivity index (χ0v) is 15.4. The molecule has 0 bridgehead atoms. The number of carbonyl (C=O) groups excluding carboxylic acids is 1. The van der Waals surface area contributed by atoms with Crippen molar-refractivity contribution in [2.75, 3.05) is 6.54 Å². The Morgan fingerprint density at radius 3 is 2.36 bits per heavy atom. The van der Waals surface area contributed by atoms with E-state index in [1.54, 1.807) is 18.2 Å². The summed E-state index contributed by atoms with van der Waals surface area (Å²) < 4.78 is 13.1. The van der Waals surface area contributed by atoms with E-state index in [2.05, 4.69) is 23.5 Å². The van der Waals surface area contributed by atoms with Gasteiger partial charge >= 0.3 is 0 Å². The summed E-state index contributed by atoms with van der Waals surface area (Å²) in [7, 11) is 0. The summed E-state index contributed by atoms with van der Waals surface area (Å²) in [6.45, 7) is 7.18. The van der Waals surface area contributed by atoms with Crippen LogP contribution in [0.5, 0.6) is 0 Å². The Morgan fingerprint density at radius 2 is 1.79 bits per heavy atom. The van der Waals surface area contributed by atoms with Crippen molar-refractivity contribution in [3.63, 3.8) is 0 Å². The lowest BCUT2D eigenvalue weighted by atomic mass is 10.1. The number of aliphatic hydroxyl groups excluding tert-OH is 1. The number of carbonyl (C=O) groups is 1. The maximum absolute atomic E-state index is 13.1. The van der Waals surface area contributed by atoms with Crippen LogP contribution in [0.25, 0.3) is 10.9 Å². The van der Waals surface area contributed by atoms with Crippen molar-refractivity contribution in [1.29, 1.82) is 0 Å². The zero-order valence-electron chi connectivity index (χ0n) is 15.4. The van der Waals surface area contributed by atoms with Crippen LogP contribution in [-0.4, -0.2) is 28.6 Å². The Hall–Kier alpha value is -3.44. The Kier molecular flexibility index (Phi) is 7.93. The van der Waals surface area contributed by atoms with Crippen LogP contribution in [0.2, 0.25) is 0 Å². The minimum atomic E-state index is -0.874. The molecule has 0 aliphatic heterocycles. The number of hydrogen-bond acceptors (Lipinski definition) is 2. The van der Waals surface area contributed by atoms with Crippen LogP contribution >= 0.6 is 0 Å². The number of hydrogen-bond donors (Lipinski definition) is 3. The van der Waals surface area contributed by atoms with E-state index in [1.165, 1.54) is 24.3 Å². The van der Waals surface area contributed by atoms with Crippen LogP contribution in [0, 0.1) is 5.82 Å². The summed E-state index contributed by atoms with van der Waals surface area (Å²) in [6, 6.07) is 17.8. The van der Waals surface area contributed by atoms with Crippen molar-refractivity contribution >= 4 is 16.8 Å². The SMILES string of the molecule is C=C/C=C(\C=C)[C@H](O)CNC(=O)c1cc2cc(F)ccc2[nH]1.c1ccccc1. The third kappa shape index (κ3) is 6.07. The summed E-state index contributed by atoms with van der Waals surface area (Å²) in [5.41, 5.74) is 1.54. The van der Waals surface area contributed by atoms with E-state index in [4.69, 9.17) is 0 Å². The molecule has 0 radical (unpaired) electrons. The third-order valence-corrected chi connectivity index (χ3v) is 3.88. The number of rotatable bonds is 6. The molecule has 0 spiro atoms. The molecule has 3 N–H and O–H groups in total. The van der Waals surface area contributed by atoms with Gasteiger partial charge in [-0.05, 0) is 29.8 Å². The van der Waals surface area contributed by atoms with E-state index in [9.17, 15) is 14.3 Å². The molecular formula is C23H23FN2O2. The van der Waals surface area contributed by atoms with Gasteiger partial charge in [0.2, 0.25) is 0 Å². The van der Waals surface area contributed by atoms with Crippen molar-refractivity contribution < 1.29 is 14.3 Å². The maximum atomic E-state index is 13.1. The largest absolute Gasteiger partial charge is 0.387 e. The number of allylic oxidation sites excluding steroid dienone is 2. The molecule has 2 aromatic carbocycles. The molecular weight excluding hydrogens is 355 g/mol. The van der Waals surface area contributed by atoms with Gasteiger partial charge in [-0.1, -0.05) is 67.8 Å². The Bertz CT molecular complexity index is 934. The van der Waals surface area contributed by atoms with E-state index < -0.39 is 6.10 Å². The van der Waals surface area contributed by atoms with Crippen molar-refractivity contribution in [2.24, 2.45) is 0 Å². The lowest BCUT2D eigenvalue weighted by molar-refractivity contribution is 0.0926. The van der Waals surface area contributed by atoms with Crippen molar-refractivity contribution in [2.45, 2.75) is 6.10 Å². The van der Waals surface area contributed by atoms with Crippen LogP contribution in [0.1, 0.15) is 10.5 Å². The number of amides is 1. The van der Waals surface area contributed by atoms with Crippen LogP contribution in [0.15, 0.2) is 97.6 Å². The molecule has 144 valence electrons. The van der Waals surface area contributed by atoms with Gasteiger partial charge in [0, 0.05) is 17.4 Å². The lowest BCUT2D eigenvalue weighted by Gasteiger charge is -2.12. The third-order valence-electron chi connectivity index (χ3n) is 3.88. The van der Waals surface area contributed by atoms with Gasteiger partial charge in [-0.25, -0.2) is 4.39 Å². The van der Waals surface area contributed by atoms with Crippen LogP contribution in [0.3, 0.4) is 0 Å². The van der Waals surface area contributed by atoms with Crippen LogP contribution in [0.4, 0.5) is 4.39 Å². The summed E-state index contributed by atoms with van der Waals surface area (Å²) in [4.78, 5) is 15.0. The normalized spacial score (nSPS) is 11.9. The molecule has 28 heavy (non-hydrogen) atoms. The minimum Gasteiger partial charge on any atom is -0.387 e. The molecule has 1 aromatic heterocycles. The first kappa shape index (κ1) is 20.9. The molecule has 0 fully saturated rings. The first-order chi connectivity index (χ1) is 13.5. The molecule has 0 saturated heterocycles. The van der Waals surface area contributed by atoms with Gasteiger partial charge in [0.05, 0.1) is 6.10 Å². The number of aromatic nitrogens is 1. The van der Waals surface area contributed by atoms with E-state index in [0.717, 1.165) is 0 Å². The molecule has 0 saturated carbocycles. The van der Waals surface area contributed by atoms with E-state index >= 15 is 0 Å². The van der Waals surface area contributed by atoms with Gasteiger partial charge in [-0.15, -0.1) is 0 Å². The number of aliphatic hydroxyl groups is 1. The zero-order chi connectivity index (χ0) is 20.4. The fourth-order valence-electron chi connectivity index (χ4n) is 2.46. The predicted molar refractivity (Wildman–Crippen MR) is 112 cm³/mol. The molecule has 1 amide bonds. The second kappa shape index (κ2) is 10.6. The fraction of sp³-hybridized carbons (Fsp3) is 0.0870. The topological polar surface area (TPSA) is 65.1 Å². The lowest BCUT2D eigenvalue weighted by Crippen LogP contribution is -2.33. The molecule has 1 atom stereocenters. The molecule has 4 nitrogen and oxygen atoms in total. The van der Waals surface area contributed by atoms with Crippen LogP contribution in [-0.2, 0) is 0 Å². The van der Waals surface area contributed by atoms with Crippen molar-refractivity contribution in [3.8, 4) is 0 Å². The first-order valence-electron chi connectivity index (χ1n) is 8.74. The van der Waals surface area contributed by atoms with Crippen molar-refractivity contribution in [1.82, 2.24) is 10.3 Å². The molecule has 5 heteroatoms. The second-order valence-electron chi connectivity index (χ2n) is 5.90. The average Bonchev–Trinajstić information content (AvgIpc) is 3.15. The first-order valence-corrected chi connectivity index (χ1v) is 8.74. The van der Waals surface area contributed by atoms with Gasteiger partial charge in [0.15, 0.2) is 0 Å². The summed E-state index contributed by atoms with van der Waals surface area (Å²) >= 11 is 0. The van der Waals surface area contributed by atoms with Gasteiger partial charge in [0.25, 0.3) is 5.91 Å². The smallest absolute Gasteiger partial charge is 0.267 e. The quantitative estimate of drug-likeness (QED) is 0.557. The van der Waals surface area contributed by atoms with E-state index in [0.29, 0.717) is 22.2 Å².